The van der Waals surface area contributed by atoms with Crippen LogP contribution in [0.25, 0.3) is 0 Å². The average Bonchev–Trinajstić information content (AvgIpc) is 2.55. The second-order valence-electron chi connectivity index (χ2n) is 6.08. The Bertz CT molecular complexity index is 580. The first-order chi connectivity index (χ1) is 9.82. The lowest BCUT2D eigenvalue weighted by Gasteiger charge is -2.32. The maximum atomic E-state index is 12.2. The Kier molecular flexibility index (Phi) is 4.35. The second kappa shape index (κ2) is 5.88. The van der Waals surface area contributed by atoms with E-state index in [1.165, 1.54) is 5.56 Å². The van der Waals surface area contributed by atoms with Gasteiger partial charge in [0.15, 0.2) is 0 Å². The Morgan fingerprint density at radius 2 is 1.81 bits per heavy atom. The SMILES string of the molecule is Cc1cc(C)c(C2C(C(=O)O)CCCC(=O)N2C)cc1C. The van der Waals surface area contributed by atoms with Crippen molar-refractivity contribution in [2.75, 3.05) is 7.05 Å². The molecular weight excluding hydrogens is 266 g/mol. The summed E-state index contributed by atoms with van der Waals surface area (Å²) in [5.74, 6) is -1.33. The number of carbonyl (C=O) groups excluding carboxylic acids is 1. The molecule has 1 aliphatic rings. The number of carboxylic acids is 1. The highest BCUT2D eigenvalue weighted by molar-refractivity contribution is 5.79. The van der Waals surface area contributed by atoms with E-state index in [9.17, 15) is 14.7 Å². The zero-order valence-corrected chi connectivity index (χ0v) is 13.1. The molecule has 114 valence electrons. The van der Waals surface area contributed by atoms with Crippen molar-refractivity contribution in [2.24, 2.45) is 5.92 Å². The molecule has 1 heterocycles. The van der Waals surface area contributed by atoms with E-state index in [2.05, 4.69) is 6.07 Å². The van der Waals surface area contributed by atoms with Crippen molar-refractivity contribution >= 4 is 11.9 Å². The number of rotatable bonds is 2. The van der Waals surface area contributed by atoms with Gasteiger partial charge in [0.25, 0.3) is 0 Å². The topological polar surface area (TPSA) is 57.6 Å². The molecule has 1 aromatic carbocycles. The summed E-state index contributed by atoms with van der Waals surface area (Å²) in [5, 5.41) is 9.58. The fourth-order valence-electron chi connectivity index (χ4n) is 3.22. The monoisotopic (exact) mass is 289 g/mol. The molecule has 0 aromatic heterocycles. The van der Waals surface area contributed by atoms with Gasteiger partial charge in [0.1, 0.15) is 0 Å². The summed E-state index contributed by atoms with van der Waals surface area (Å²) in [6.45, 7) is 6.05. The number of aryl methyl sites for hydroxylation is 3. The van der Waals surface area contributed by atoms with Gasteiger partial charge in [0.05, 0.1) is 12.0 Å². The molecule has 1 aliphatic heterocycles. The second-order valence-corrected chi connectivity index (χ2v) is 6.08. The van der Waals surface area contributed by atoms with Crippen LogP contribution >= 0.6 is 0 Å². The van der Waals surface area contributed by atoms with Gasteiger partial charge in [-0.05, 0) is 55.9 Å². The average molecular weight is 289 g/mol. The van der Waals surface area contributed by atoms with Crippen LogP contribution in [0.15, 0.2) is 12.1 Å². The van der Waals surface area contributed by atoms with Crippen LogP contribution in [0.3, 0.4) is 0 Å². The van der Waals surface area contributed by atoms with Crippen molar-refractivity contribution in [3.63, 3.8) is 0 Å². The molecular formula is C17H23NO3. The van der Waals surface area contributed by atoms with Gasteiger partial charge < -0.3 is 10.0 Å². The molecule has 21 heavy (non-hydrogen) atoms. The number of carbonyl (C=O) groups is 2. The minimum absolute atomic E-state index is 0.0291. The number of likely N-dealkylation sites (tertiary alicyclic amines) is 1. The maximum absolute atomic E-state index is 12.2. The summed E-state index contributed by atoms with van der Waals surface area (Å²) in [7, 11) is 1.73. The van der Waals surface area contributed by atoms with E-state index in [0.717, 1.165) is 16.7 Å². The van der Waals surface area contributed by atoms with Gasteiger partial charge in [-0.3, -0.25) is 9.59 Å². The van der Waals surface area contributed by atoms with Crippen LogP contribution in [0.4, 0.5) is 0 Å². The standard InChI is InChI=1S/C17H23NO3/c1-10-8-12(3)14(9-11(10)2)16-13(17(20)21)6-5-7-15(19)18(16)4/h8-9,13,16H,5-7H2,1-4H3,(H,20,21). The van der Waals surface area contributed by atoms with Crippen molar-refractivity contribution in [2.45, 2.75) is 46.1 Å². The fraction of sp³-hybridized carbons (Fsp3) is 0.529. The summed E-state index contributed by atoms with van der Waals surface area (Å²) in [4.78, 5) is 25.5. The first-order valence-electron chi connectivity index (χ1n) is 7.39. The number of hydrogen-bond acceptors (Lipinski definition) is 2. The maximum Gasteiger partial charge on any atom is 0.308 e. The van der Waals surface area contributed by atoms with Crippen LogP contribution in [0, 0.1) is 26.7 Å². The van der Waals surface area contributed by atoms with Crippen LogP contribution in [-0.2, 0) is 9.59 Å². The number of benzene rings is 1. The normalized spacial score (nSPS) is 23.0. The highest BCUT2D eigenvalue weighted by atomic mass is 16.4. The third kappa shape index (κ3) is 2.94. The minimum atomic E-state index is -0.820. The van der Waals surface area contributed by atoms with Crippen LogP contribution in [0.2, 0.25) is 0 Å². The predicted octanol–water partition coefficient (Wildman–Crippen LogP) is 3.00. The molecule has 4 heteroatoms. The van der Waals surface area contributed by atoms with E-state index in [4.69, 9.17) is 0 Å². The molecule has 0 aliphatic carbocycles. The van der Waals surface area contributed by atoms with Gasteiger partial charge in [0, 0.05) is 13.5 Å². The number of hydrogen-bond donors (Lipinski definition) is 1. The van der Waals surface area contributed by atoms with Crippen molar-refractivity contribution < 1.29 is 14.7 Å². The molecule has 1 fully saturated rings. The zero-order valence-electron chi connectivity index (χ0n) is 13.1. The van der Waals surface area contributed by atoms with Crippen molar-refractivity contribution in [1.82, 2.24) is 4.90 Å². The van der Waals surface area contributed by atoms with Crippen molar-refractivity contribution in [1.29, 1.82) is 0 Å². The molecule has 0 saturated carbocycles. The summed E-state index contributed by atoms with van der Waals surface area (Å²) < 4.78 is 0. The summed E-state index contributed by atoms with van der Waals surface area (Å²) in [6, 6.07) is 3.74. The lowest BCUT2D eigenvalue weighted by molar-refractivity contribution is -0.145. The molecule has 2 unspecified atom stereocenters. The quantitative estimate of drug-likeness (QED) is 0.910. The number of amides is 1. The van der Waals surface area contributed by atoms with Crippen molar-refractivity contribution in [3.05, 3.63) is 34.4 Å². The minimum Gasteiger partial charge on any atom is -0.481 e. The molecule has 2 rings (SSSR count). The van der Waals surface area contributed by atoms with E-state index < -0.39 is 11.9 Å². The van der Waals surface area contributed by atoms with Gasteiger partial charge >= 0.3 is 5.97 Å². The number of carboxylic acid groups (broad SMARTS) is 1. The van der Waals surface area contributed by atoms with E-state index in [0.29, 0.717) is 19.3 Å². The van der Waals surface area contributed by atoms with Crippen LogP contribution in [-0.4, -0.2) is 28.9 Å². The third-order valence-electron chi connectivity index (χ3n) is 4.62. The lowest BCUT2D eigenvalue weighted by atomic mass is 9.85. The van der Waals surface area contributed by atoms with Crippen LogP contribution < -0.4 is 0 Å². The van der Waals surface area contributed by atoms with E-state index in [-0.39, 0.29) is 11.9 Å². The van der Waals surface area contributed by atoms with Crippen molar-refractivity contribution in [3.8, 4) is 0 Å². The molecule has 0 spiro atoms. The van der Waals surface area contributed by atoms with E-state index in [1.54, 1.807) is 11.9 Å². The van der Waals surface area contributed by atoms with Crippen LogP contribution in [0.5, 0.6) is 0 Å². The summed E-state index contributed by atoms with van der Waals surface area (Å²) in [6.07, 6.45) is 1.61. The highest BCUT2D eigenvalue weighted by Gasteiger charge is 2.37. The van der Waals surface area contributed by atoms with Crippen LogP contribution in [0.1, 0.15) is 47.6 Å². The molecule has 4 nitrogen and oxygen atoms in total. The van der Waals surface area contributed by atoms with Gasteiger partial charge in [-0.1, -0.05) is 12.1 Å². The van der Waals surface area contributed by atoms with Gasteiger partial charge in [-0.15, -0.1) is 0 Å². The Balaban J connectivity index is 2.56. The fourth-order valence-corrected chi connectivity index (χ4v) is 3.22. The molecule has 1 amide bonds. The van der Waals surface area contributed by atoms with Gasteiger partial charge in [-0.2, -0.15) is 0 Å². The highest BCUT2D eigenvalue weighted by Crippen LogP contribution is 2.37. The Hall–Kier alpha value is -1.84. The molecule has 0 radical (unpaired) electrons. The molecule has 1 saturated heterocycles. The zero-order chi connectivity index (χ0) is 15.7. The third-order valence-corrected chi connectivity index (χ3v) is 4.62. The number of aliphatic carboxylic acids is 1. The first kappa shape index (κ1) is 15.5. The molecule has 1 aromatic rings. The molecule has 2 atom stereocenters. The van der Waals surface area contributed by atoms with Gasteiger partial charge in [-0.25, -0.2) is 0 Å². The molecule has 0 bridgehead atoms. The van der Waals surface area contributed by atoms with E-state index >= 15 is 0 Å². The Labute approximate surface area is 125 Å². The Morgan fingerprint density at radius 1 is 1.19 bits per heavy atom. The predicted molar refractivity (Wildman–Crippen MR) is 81.1 cm³/mol. The molecule has 1 N–H and O–H groups in total. The lowest BCUT2D eigenvalue weighted by Crippen LogP contribution is -2.36. The van der Waals surface area contributed by atoms with Gasteiger partial charge in [0.2, 0.25) is 5.91 Å². The largest absolute Gasteiger partial charge is 0.481 e. The number of nitrogens with zero attached hydrogens (tertiary/aromatic N) is 1. The smallest absolute Gasteiger partial charge is 0.308 e. The Morgan fingerprint density at radius 3 is 2.43 bits per heavy atom. The van der Waals surface area contributed by atoms with E-state index in [1.807, 2.05) is 26.8 Å². The summed E-state index contributed by atoms with van der Waals surface area (Å²) >= 11 is 0. The first-order valence-corrected chi connectivity index (χ1v) is 7.39. The summed E-state index contributed by atoms with van der Waals surface area (Å²) in [5.41, 5.74) is 4.33.